The van der Waals surface area contributed by atoms with E-state index in [1.165, 1.54) is 14.2 Å². The highest BCUT2D eigenvalue weighted by Crippen LogP contribution is 2.26. The molecular weight excluding hydrogens is 348 g/mol. The van der Waals surface area contributed by atoms with Gasteiger partial charge < -0.3 is 14.4 Å². The molecule has 2 aliphatic rings. The van der Waals surface area contributed by atoms with Crippen LogP contribution in [-0.2, 0) is 25.6 Å². The number of carbonyl (C=O) groups excluding carboxylic acids is 3. The lowest BCUT2D eigenvalue weighted by Gasteiger charge is -2.26. The lowest BCUT2D eigenvalue weighted by Crippen LogP contribution is -2.42. The molecule has 1 aromatic carbocycles. The Labute approximate surface area is 159 Å². The monoisotopic (exact) mass is 374 g/mol. The van der Waals surface area contributed by atoms with Gasteiger partial charge in [-0.2, -0.15) is 0 Å². The van der Waals surface area contributed by atoms with Crippen LogP contribution in [0.3, 0.4) is 0 Å². The van der Waals surface area contributed by atoms with E-state index in [9.17, 15) is 14.4 Å². The van der Waals surface area contributed by atoms with E-state index < -0.39 is 6.04 Å². The van der Waals surface area contributed by atoms with Gasteiger partial charge in [0.05, 0.1) is 14.2 Å². The van der Waals surface area contributed by atoms with Crippen molar-refractivity contribution in [1.82, 2.24) is 9.80 Å². The van der Waals surface area contributed by atoms with Crippen LogP contribution in [-0.4, -0.2) is 67.0 Å². The molecule has 0 saturated carbocycles. The average Bonchev–Trinajstić information content (AvgIpc) is 3.36. The maximum Gasteiger partial charge on any atom is 0.328 e. The molecule has 2 unspecified atom stereocenters. The van der Waals surface area contributed by atoms with E-state index in [-0.39, 0.29) is 23.9 Å². The fraction of sp³-hybridized carbons (Fsp3) is 0.550. The van der Waals surface area contributed by atoms with Crippen molar-refractivity contribution >= 4 is 17.8 Å². The summed E-state index contributed by atoms with van der Waals surface area (Å²) in [7, 11) is 2.74. The minimum Gasteiger partial charge on any atom is -0.468 e. The second kappa shape index (κ2) is 8.52. The Morgan fingerprint density at radius 1 is 0.963 bits per heavy atom. The summed E-state index contributed by atoms with van der Waals surface area (Å²) in [5.41, 5.74) is 1.43. The number of hydrogen-bond acceptors (Lipinski definition) is 6. The van der Waals surface area contributed by atoms with E-state index in [0.29, 0.717) is 25.1 Å². The first-order chi connectivity index (χ1) is 13.1. The van der Waals surface area contributed by atoms with Crippen molar-refractivity contribution in [1.29, 1.82) is 0 Å². The Bertz CT molecular complexity index is 720. The van der Waals surface area contributed by atoms with Gasteiger partial charge in [0.1, 0.15) is 12.1 Å². The zero-order valence-corrected chi connectivity index (χ0v) is 15.8. The van der Waals surface area contributed by atoms with Gasteiger partial charge in [-0.05, 0) is 43.9 Å². The third kappa shape index (κ3) is 3.98. The molecule has 0 aliphatic carbocycles. The number of benzene rings is 1. The average molecular weight is 374 g/mol. The van der Waals surface area contributed by atoms with Crippen LogP contribution in [0.1, 0.15) is 41.6 Å². The van der Waals surface area contributed by atoms with E-state index in [2.05, 4.69) is 4.90 Å². The van der Waals surface area contributed by atoms with Gasteiger partial charge in [0, 0.05) is 18.7 Å². The molecule has 27 heavy (non-hydrogen) atoms. The summed E-state index contributed by atoms with van der Waals surface area (Å²) >= 11 is 0. The number of hydrogen-bond donors (Lipinski definition) is 0. The second-order valence-corrected chi connectivity index (χ2v) is 6.99. The molecule has 0 aromatic heterocycles. The van der Waals surface area contributed by atoms with Crippen LogP contribution in [0.5, 0.6) is 0 Å². The van der Waals surface area contributed by atoms with Gasteiger partial charge in [0.15, 0.2) is 0 Å². The van der Waals surface area contributed by atoms with Crippen LogP contribution < -0.4 is 0 Å². The largest absolute Gasteiger partial charge is 0.468 e. The third-order valence-electron chi connectivity index (χ3n) is 5.45. The number of nitrogens with zero attached hydrogens (tertiary/aromatic N) is 2. The molecule has 0 spiro atoms. The van der Waals surface area contributed by atoms with Crippen LogP contribution in [0.4, 0.5) is 0 Å². The number of ether oxygens (including phenoxy) is 2. The van der Waals surface area contributed by atoms with E-state index in [0.717, 1.165) is 31.4 Å². The molecule has 3 rings (SSSR count). The predicted molar refractivity (Wildman–Crippen MR) is 98.0 cm³/mol. The smallest absolute Gasteiger partial charge is 0.328 e. The summed E-state index contributed by atoms with van der Waals surface area (Å²) in [6.07, 6.45) is 3.09. The van der Waals surface area contributed by atoms with Crippen LogP contribution in [0.25, 0.3) is 0 Å². The first-order valence-corrected chi connectivity index (χ1v) is 9.35. The van der Waals surface area contributed by atoms with Crippen molar-refractivity contribution in [2.45, 2.75) is 44.3 Å². The summed E-state index contributed by atoms with van der Waals surface area (Å²) < 4.78 is 9.76. The summed E-state index contributed by atoms with van der Waals surface area (Å²) in [6.45, 7) is 1.83. The van der Waals surface area contributed by atoms with Gasteiger partial charge in [0.25, 0.3) is 5.91 Å². The van der Waals surface area contributed by atoms with Crippen molar-refractivity contribution in [2.24, 2.45) is 0 Å². The molecule has 0 radical (unpaired) electrons. The maximum absolute atomic E-state index is 13.2. The lowest BCUT2D eigenvalue weighted by atomic mass is 10.0. The fourth-order valence-corrected chi connectivity index (χ4v) is 4.05. The predicted octanol–water partition coefficient (Wildman–Crippen LogP) is 1.60. The molecule has 2 atom stereocenters. The first-order valence-electron chi connectivity index (χ1n) is 9.35. The van der Waals surface area contributed by atoms with Crippen molar-refractivity contribution in [3.05, 3.63) is 35.4 Å². The van der Waals surface area contributed by atoms with Crippen LogP contribution in [0.15, 0.2) is 24.3 Å². The van der Waals surface area contributed by atoms with E-state index in [4.69, 9.17) is 9.47 Å². The minimum absolute atomic E-state index is 0.160. The zero-order valence-electron chi connectivity index (χ0n) is 15.8. The number of rotatable bonds is 5. The topological polar surface area (TPSA) is 76.2 Å². The molecule has 2 saturated heterocycles. The summed E-state index contributed by atoms with van der Waals surface area (Å²) in [5.74, 6) is -0.766. The number of carbonyl (C=O) groups is 3. The van der Waals surface area contributed by atoms with Gasteiger partial charge in [-0.1, -0.05) is 18.2 Å². The normalized spacial score (nSPS) is 22.7. The standard InChI is InChI=1S/C20H26N2O5/c1-26-19(24)16-9-5-11-21(16)13-14-7-3-4-8-15(14)18(23)22-12-6-10-17(22)20(25)27-2/h3-4,7-8,16-17H,5-6,9-13H2,1-2H3. The van der Waals surface area contributed by atoms with Crippen molar-refractivity contribution in [3.8, 4) is 0 Å². The molecule has 7 nitrogen and oxygen atoms in total. The quantitative estimate of drug-likeness (QED) is 0.729. The van der Waals surface area contributed by atoms with Gasteiger partial charge in [-0.25, -0.2) is 4.79 Å². The molecular formula is C20H26N2O5. The van der Waals surface area contributed by atoms with E-state index >= 15 is 0 Å². The summed E-state index contributed by atoms with van der Waals surface area (Å²) in [6, 6.07) is 6.60. The SMILES string of the molecule is COC(=O)C1CCCN1Cc1ccccc1C(=O)N1CCCC1C(=O)OC. The van der Waals surface area contributed by atoms with Crippen LogP contribution in [0, 0.1) is 0 Å². The Morgan fingerprint density at radius 2 is 1.59 bits per heavy atom. The fourth-order valence-electron chi connectivity index (χ4n) is 4.05. The highest BCUT2D eigenvalue weighted by atomic mass is 16.5. The van der Waals surface area contributed by atoms with Crippen LogP contribution >= 0.6 is 0 Å². The molecule has 1 amide bonds. The molecule has 7 heteroatoms. The molecule has 0 bridgehead atoms. The Morgan fingerprint density at radius 3 is 2.33 bits per heavy atom. The highest BCUT2D eigenvalue weighted by molar-refractivity contribution is 5.98. The number of amides is 1. The first kappa shape index (κ1) is 19.4. The van der Waals surface area contributed by atoms with Gasteiger partial charge in [0.2, 0.25) is 0 Å². The molecule has 2 fully saturated rings. The molecule has 2 aliphatic heterocycles. The minimum atomic E-state index is -0.523. The van der Waals surface area contributed by atoms with Crippen molar-refractivity contribution in [2.75, 3.05) is 27.3 Å². The van der Waals surface area contributed by atoms with Crippen molar-refractivity contribution in [3.63, 3.8) is 0 Å². The van der Waals surface area contributed by atoms with Gasteiger partial charge in [-0.3, -0.25) is 14.5 Å². The number of methoxy groups -OCH3 is 2. The molecule has 146 valence electrons. The third-order valence-corrected chi connectivity index (χ3v) is 5.45. The Balaban J connectivity index is 1.80. The number of likely N-dealkylation sites (tertiary alicyclic amines) is 2. The number of esters is 2. The molecule has 2 heterocycles. The lowest BCUT2D eigenvalue weighted by molar-refractivity contribution is -0.146. The molecule has 0 N–H and O–H groups in total. The van der Waals surface area contributed by atoms with Crippen LogP contribution in [0.2, 0.25) is 0 Å². The van der Waals surface area contributed by atoms with Gasteiger partial charge in [-0.15, -0.1) is 0 Å². The van der Waals surface area contributed by atoms with E-state index in [1.807, 2.05) is 18.2 Å². The zero-order chi connectivity index (χ0) is 19.4. The van der Waals surface area contributed by atoms with Crippen molar-refractivity contribution < 1.29 is 23.9 Å². The molecule has 1 aromatic rings. The Hall–Kier alpha value is -2.41. The summed E-state index contributed by atoms with van der Waals surface area (Å²) in [5, 5.41) is 0. The van der Waals surface area contributed by atoms with Gasteiger partial charge >= 0.3 is 11.9 Å². The Kier molecular flexibility index (Phi) is 6.11. The second-order valence-electron chi connectivity index (χ2n) is 6.99. The maximum atomic E-state index is 13.2. The summed E-state index contributed by atoms with van der Waals surface area (Å²) in [4.78, 5) is 40.8. The van der Waals surface area contributed by atoms with E-state index in [1.54, 1.807) is 11.0 Å². The highest BCUT2D eigenvalue weighted by Gasteiger charge is 2.37.